The molecule has 4 aromatic carbocycles. The molecule has 0 radical (unpaired) electrons. The highest BCUT2D eigenvalue weighted by Gasteiger charge is 2.31. The fourth-order valence-corrected chi connectivity index (χ4v) is 6.10. The molecule has 0 amide bonds. The molecule has 1 atom stereocenters. The molecule has 38 heavy (non-hydrogen) atoms. The standard InChI is InChI=1S/C29H29ClN2O5S/c1-29(12-13-31-18-29)37-25-15-22(10-11-24(25)30)32-38(33,34)28-17-27(36-3)26(35-2)16-23(28)21-9-8-19-6-4-5-7-20(19)14-21/h4-11,14-17,31-32H,12-13,18H2,1-3H3/t29-/m1/s1. The lowest BCUT2D eigenvalue weighted by Crippen LogP contribution is -2.34. The predicted octanol–water partition coefficient (Wildman–Crippen LogP) is 6.11. The Hall–Kier alpha value is -3.46. The minimum Gasteiger partial charge on any atom is -0.493 e. The molecule has 1 aliphatic heterocycles. The summed E-state index contributed by atoms with van der Waals surface area (Å²) in [4.78, 5) is 0.0507. The zero-order valence-corrected chi connectivity index (χ0v) is 22.9. The van der Waals surface area contributed by atoms with Crippen molar-refractivity contribution >= 4 is 38.1 Å². The van der Waals surface area contributed by atoms with Crippen molar-refractivity contribution in [2.75, 3.05) is 32.0 Å². The third-order valence-electron chi connectivity index (χ3n) is 6.71. The molecule has 0 spiro atoms. The van der Waals surface area contributed by atoms with Crippen LogP contribution >= 0.6 is 11.6 Å². The molecule has 0 aliphatic carbocycles. The molecule has 1 heterocycles. The normalized spacial score (nSPS) is 17.4. The van der Waals surface area contributed by atoms with Gasteiger partial charge in [-0.1, -0.05) is 48.0 Å². The van der Waals surface area contributed by atoms with Crippen molar-refractivity contribution in [3.05, 3.63) is 77.8 Å². The molecule has 0 bridgehead atoms. The summed E-state index contributed by atoms with van der Waals surface area (Å²) < 4.78 is 47.5. The number of sulfonamides is 1. The zero-order chi connectivity index (χ0) is 26.9. The van der Waals surface area contributed by atoms with Crippen LogP contribution in [0.1, 0.15) is 13.3 Å². The van der Waals surface area contributed by atoms with E-state index in [9.17, 15) is 8.42 Å². The molecule has 0 aromatic heterocycles. The Kier molecular flexibility index (Phi) is 7.13. The SMILES string of the molecule is COc1cc(-c2ccc3ccccc3c2)c(S(=O)(=O)Nc2ccc(Cl)c(O[C@]3(C)CCNC3)c2)cc1OC. The van der Waals surface area contributed by atoms with Gasteiger partial charge in [0.25, 0.3) is 10.0 Å². The monoisotopic (exact) mass is 552 g/mol. The summed E-state index contributed by atoms with van der Waals surface area (Å²) >= 11 is 6.40. The first-order valence-electron chi connectivity index (χ1n) is 12.2. The number of methoxy groups -OCH3 is 2. The van der Waals surface area contributed by atoms with E-state index in [4.69, 9.17) is 25.8 Å². The molecule has 4 aromatic rings. The molecule has 0 unspecified atom stereocenters. The maximum absolute atomic E-state index is 13.8. The molecular formula is C29H29ClN2O5S. The highest BCUT2D eigenvalue weighted by molar-refractivity contribution is 7.92. The molecule has 0 saturated carbocycles. The van der Waals surface area contributed by atoms with Crippen LogP contribution in [-0.4, -0.2) is 41.3 Å². The largest absolute Gasteiger partial charge is 0.493 e. The summed E-state index contributed by atoms with van der Waals surface area (Å²) in [7, 11) is -1.08. The molecule has 198 valence electrons. The number of nitrogens with one attached hydrogen (secondary N) is 2. The molecule has 9 heteroatoms. The van der Waals surface area contributed by atoms with Crippen LogP contribution in [0.25, 0.3) is 21.9 Å². The highest BCUT2D eigenvalue weighted by Crippen LogP contribution is 2.40. The third kappa shape index (κ3) is 5.25. The van der Waals surface area contributed by atoms with Gasteiger partial charge >= 0.3 is 0 Å². The van der Waals surface area contributed by atoms with Crippen LogP contribution in [0.4, 0.5) is 5.69 Å². The Balaban J connectivity index is 1.57. The Morgan fingerprint density at radius 2 is 1.63 bits per heavy atom. The number of hydrogen-bond donors (Lipinski definition) is 2. The van der Waals surface area contributed by atoms with Gasteiger partial charge in [0.15, 0.2) is 11.5 Å². The van der Waals surface area contributed by atoms with E-state index < -0.39 is 15.6 Å². The molecule has 7 nitrogen and oxygen atoms in total. The van der Waals surface area contributed by atoms with E-state index in [1.165, 1.54) is 20.3 Å². The van der Waals surface area contributed by atoms with E-state index in [2.05, 4.69) is 10.0 Å². The molecule has 2 N–H and O–H groups in total. The van der Waals surface area contributed by atoms with Crippen LogP contribution in [0.2, 0.25) is 5.02 Å². The van der Waals surface area contributed by atoms with Gasteiger partial charge in [-0.15, -0.1) is 0 Å². The van der Waals surface area contributed by atoms with Gasteiger partial charge in [-0.05, 0) is 54.1 Å². The molecule has 1 fully saturated rings. The topological polar surface area (TPSA) is 85.9 Å². The molecular weight excluding hydrogens is 524 g/mol. The van der Waals surface area contributed by atoms with Crippen LogP contribution in [0.15, 0.2) is 77.7 Å². The maximum atomic E-state index is 13.8. The fourth-order valence-electron chi connectivity index (χ4n) is 4.67. The van der Waals surface area contributed by atoms with Crippen LogP contribution < -0.4 is 24.2 Å². The van der Waals surface area contributed by atoms with Crippen LogP contribution in [0, 0.1) is 0 Å². The van der Waals surface area contributed by atoms with Crippen molar-refractivity contribution < 1.29 is 22.6 Å². The van der Waals surface area contributed by atoms with E-state index in [0.29, 0.717) is 40.1 Å². The quantitative estimate of drug-likeness (QED) is 0.274. The number of hydrogen-bond acceptors (Lipinski definition) is 6. The Morgan fingerprint density at radius 3 is 2.34 bits per heavy atom. The van der Waals surface area contributed by atoms with E-state index in [0.717, 1.165) is 29.3 Å². The number of rotatable bonds is 8. The van der Waals surface area contributed by atoms with Crippen molar-refractivity contribution in [2.24, 2.45) is 0 Å². The van der Waals surface area contributed by atoms with Crippen LogP contribution in [0.3, 0.4) is 0 Å². The maximum Gasteiger partial charge on any atom is 0.262 e. The van der Waals surface area contributed by atoms with Gasteiger partial charge in [0, 0.05) is 30.7 Å². The Morgan fingerprint density at radius 1 is 0.895 bits per heavy atom. The minimum absolute atomic E-state index is 0.0507. The number of ether oxygens (including phenoxy) is 3. The number of fused-ring (bicyclic) bond motifs is 1. The van der Waals surface area contributed by atoms with Gasteiger partial charge in [-0.25, -0.2) is 8.42 Å². The summed E-state index contributed by atoms with van der Waals surface area (Å²) in [5.41, 5.74) is 1.12. The average molecular weight is 553 g/mol. The molecule has 1 aliphatic rings. The second kappa shape index (κ2) is 10.4. The van der Waals surface area contributed by atoms with E-state index in [-0.39, 0.29) is 4.90 Å². The first kappa shape index (κ1) is 26.2. The van der Waals surface area contributed by atoms with Gasteiger partial charge in [-0.3, -0.25) is 4.72 Å². The van der Waals surface area contributed by atoms with Gasteiger partial charge in [0.2, 0.25) is 0 Å². The first-order chi connectivity index (χ1) is 18.2. The summed E-state index contributed by atoms with van der Waals surface area (Å²) in [5, 5.41) is 5.73. The second-order valence-corrected chi connectivity index (χ2v) is 11.6. The predicted molar refractivity (Wildman–Crippen MR) is 151 cm³/mol. The summed E-state index contributed by atoms with van der Waals surface area (Å²) in [6, 6.07) is 21.7. The van der Waals surface area contributed by atoms with Crippen LogP contribution in [0.5, 0.6) is 17.2 Å². The first-order valence-corrected chi connectivity index (χ1v) is 14.0. The summed E-state index contributed by atoms with van der Waals surface area (Å²) in [5.74, 6) is 1.15. The zero-order valence-electron chi connectivity index (χ0n) is 21.4. The minimum atomic E-state index is -4.07. The van der Waals surface area contributed by atoms with Crippen LogP contribution in [-0.2, 0) is 10.0 Å². The Bertz CT molecular complexity index is 1600. The second-order valence-electron chi connectivity index (χ2n) is 9.49. The van der Waals surface area contributed by atoms with Crippen molar-refractivity contribution in [3.8, 4) is 28.4 Å². The van der Waals surface area contributed by atoms with E-state index in [1.54, 1.807) is 24.3 Å². The third-order valence-corrected chi connectivity index (χ3v) is 8.44. The molecule has 1 saturated heterocycles. The summed E-state index contributed by atoms with van der Waals surface area (Å²) in [6.07, 6.45) is 0.819. The van der Waals surface area contributed by atoms with E-state index >= 15 is 0 Å². The van der Waals surface area contributed by atoms with Gasteiger partial charge in [0.1, 0.15) is 11.4 Å². The van der Waals surface area contributed by atoms with Crippen molar-refractivity contribution in [2.45, 2.75) is 23.8 Å². The Labute approximate surface area is 227 Å². The number of anilines is 1. The van der Waals surface area contributed by atoms with Gasteiger partial charge in [0.05, 0.1) is 29.8 Å². The number of halogens is 1. The lowest BCUT2D eigenvalue weighted by Gasteiger charge is -2.26. The molecule has 5 rings (SSSR count). The van der Waals surface area contributed by atoms with Crippen molar-refractivity contribution in [1.29, 1.82) is 0 Å². The number of benzene rings is 4. The van der Waals surface area contributed by atoms with Gasteiger partial charge in [-0.2, -0.15) is 0 Å². The van der Waals surface area contributed by atoms with Crippen molar-refractivity contribution in [1.82, 2.24) is 5.32 Å². The lowest BCUT2D eigenvalue weighted by atomic mass is 10.0. The van der Waals surface area contributed by atoms with E-state index in [1.807, 2.05) is 49.4 Å². The van der Waals surface area contributed by atoms with Crippen molar-refractivity contribution in [3.63, 3.8) is 0 Å². The lowest BCUT2D eigenvalue weighted by molar-refractivity contribution is 0.111. The highest BCUT2D eigenvalue weighted by atomic mass is 35.5. The smallest absolute Gasteiger partial charge is 0.262 e. The van der Waals surface area contributed by atoms with Gasteiger partial charge < -0.3 is 19.5 Å². The fraction of sp³-hybridized carbons (Fsp3) is 0.241. The summed E-state index contributed by atoms with van der Waals surface area (Å²) in [6.45, 7) is 3.52. The average Bonchev–Trinajstić information content (AvgIpc) is 3.35.